The molecule has 13 N–H and O–H groups in total. The van der Waals surface area contributed by atoms with Gasteiger partial charge < -0.3 is 90.1 Å². The smallest absolute Gasteiger partial charge is 0.339 e. The Labute approximate surface area is 310 Å². The normalized spacial score (nSPS) is 18.8. The maximum atomic E-state index is 13.6. The van der Waals surface area contributed by atoms with E-state index in [9.17, 15) is 85.6 Å². The summed E-state index contributed by atoms with van der Waals surface area (Å²) in [5.41, 5.74) is -5.70. The van der Waals surface area contributed by atoms with Crippen LogP contribution in [0.2, 0.25) is 0 Å². The van der Waals surface area contributed by atoms with E-state index in [1.54, 1.807) is 0 Å². The predicted octanol–water partition coefficient (Wildman–Crippen LogP) is 0.706. The number of aliphatic hydroxyl groups excluding tert-OH is 1. The number of esters is 4. The van der Waals surface area contributed by atoms with Gasteiger partial charge in [-0.25, -0.2) is 19.2 Å². The molecule has 0 aromatic heterocycles. The van der Waals surface area contributed by atoms with Crippen molar-refractivity contribution >= 4 is 23.9 Å². The average Bonchev–Trinajstić information content (AvgIpc) is 3.39. The van der Waals surface area contributed by atoms with Gasteiger partial charge in [-0.15, -0.1) is 0 Å². The van der Waals surface area contributed by atoms with Crippen LogP contribution in [-0.4, -0.2) is 128 Å². The molecule has 0 radical (unpaired) electrons. The minimum absolute atomic E-state index is 0.570. The summed E-state index contributed by atoms with van der Waals surface area (Å²) < 4.78 is 26.8. The van der Waals surface area contributed by atoms with Gasteiger partial charge in [-0.3, -0.25) is 0 Å². The van der Waals surface area contributed by atoms with Crippen molar-refractivity contribution in [2.45, 2.75) is 24.1 Å². The van der Waals surface area contributed by atoms with E-state index in [0.717, 1.165) is 0 Å². The Bertz CT molecular complexity index is 2160. The standard InChI is InChI=1S/C34H28O22/c35-15-1-11(2-16(36)24(15)43)29(47)52-9-23-28(55-31(49)13-5-19(39)26(45)20(40)6-13)34(33(51)54-23,56-32(50)14-7-21(41)27(46)22(42)8-14)10-53-30(48)12-3-17(37)25(44)18(38)4-12/h1-8,23,28,33,35-46,51H,9-10H2/t23-,28-,33+,34+/m1/s1. The Kier molecular flexibility index (Phi) is 10.5. The number of ether oxygens (including phenoxy) is 5. The number of aromatic hydroxyl groups is 12. The Hall–Kier alpha value is -7.72. The lowest BCUT2D eigenvalue weighted by Crippen LogP contribution is -2.57. The van der Waals surface area contributed by atoms with Crippen molar-refractivity contribution in [2.75, 3.05) is 13.2 Å². The third-order valence-electron chi connectivity index (χ3n) is 8.09. The molecule has 4 aromatic carbocycles. The Morgan fingerprint density at radius 3 is 1.20 bits per heavy atom. The predicted molar refractivity (Wildman–Crippen MR) is 175 cm³/mol. The SMILES string of the molecule is O=C(OC[C@H]1O[C@H](O)[C@@](COC(=O)c2cc(O)c(O)c(O)c2)(OC(=O)c2cc(O)c(O)c(O)c2)[C@@H]1OC(=O)c1cc(O)c(O)c(O)c1)c1cc(O)c(O)c(O)c1. The first-order valence-electron chi connectivity index (χ1n) is 15.4. The molecule has 4 aromatic rings. The quantitative estimate of drug-likeness (QED) is 0.0597. The third-order valence-corrected chi connectivity index (χ3v) is 8.09. The zero-order valence-corrected chi connectivity index (χ0v) is 27.8. The molecule has 0 aliphatic carbocycles. The third kappa shape index (κ3) is 7.53. The fourth-order valence-corrected chi connectivity index (χ4v) is 5.21. The number of aliphatic hydroxyl groups is 1. The Morgan fingerprint density at radius 1 is 0.500 bits per heavy atom. The lowest BCUT2D eigenvalue weighted by molar-refractivity contribution is -0.193. The maximum Gasteiger partial charge on any atom is 0.339 e. The molecular weight excluding hydrogens is 760 g/mol. The van der Waals surface area contributed by atoms with E-state index in [1.807, 2.05) is 0 Å². The summed E-state index contributed by atoms with van der Waals surface area (Å²) in [6.07, 6.45) is -6.84. The number of hydrogen-bond acceptors (Lipinski definition) is 22. The molecule has 0 bridgehead atoms. The summed E-state index contributed by atoms with van der Waals surface area (Å²) in [6.45, 7) is -2.50. The molecule has 0 unspecified atom stereocenters. The summed E-state index contributed by atoms with van der Waals surface area (Å²) >= 11 is 0. The summed E-state index contributed by atoms with van der Waals surface area (Å²) in [5.74, 6) is -18.2. The number of rotatable bonds is 10. The van der Waals surface area contributed by atoms with Crippen LogP contribution in [0.25, 0.3) is 0 Å². The number of carbonyl (C=O) groups is 4. The summed E-state index contributed by atoms with van der Waals surface area (Å²) in [7, 11) is 0. The number of carbonyl (C=O) groups excluding carboxylic acids is 4. The topological polar surface area (TPSA) is 377 Å². The molecule has 0 spiro atoms. The van der Waals surface area contributed by atoms with Gasteiger partial charge in [0, 0.05) is 0 Å². The minimum Gasteiger partial charge on any atom is -0.504 e. The molecule has 4 atom stereocenters. The average molecular weight is 789 g/mol. The summed E-state index contributed by atoms with van der Waals surface area (Å²) in [4.78, 5) is 53.1. The van der Waals surface area contributed by atoms with Crippen molar-refractivity contribution in [3.05, 3.63) is 70.8 Å². The van der Waals surface area contributed by atoms with E-state index in [0.29, 0.717) is 48.5 Å². The first-order chi connectivity index (χ1) is 26.2. The van der Waals surface area contributed by atoms with E-state index < -0.39 is 152 Å². The van der Waals surface area contributed by atoms with Gasteiger partial charge in [-0.05, 0) is 48.5 Å². The van der Waals surface area contributed by atoms with Crippen LogP contribution in [0.1, 0.15) is 41.4 Å². The van der Waals surface area contributed by atoms with Gasteiger partial charge in [0.2, 0.25) is 11.9 Å². The van der Waals surface area contributed by atoms with Gasteiger partial charge in [0.1, 0.15) is 19.3 Å². The van der Waals surface area contributed by atoms with Crippen LogP contribution in [0.3, 0.4) is 0 Å². The maximum absolute atomic E-state index is 13.6. The van der Waals surface area contributed by atoms with E-state index in [2.05, 4.69) is 0 Å². The summed E-state index contributed by atoms with van der Waals surface area (Å²) in [5, 5.41) is 130. The fraction of sp³-hybridized carbons (Fsp3) is 0.176. The van der Waals surface area contributed by atoms with Crippen LogP contribution in [0.15, 0.2) is 48.5 Å². The lowest BCUT2D eigenvalue weighted by atomic mass is 9.94. The van der Waals surface area contributed by atoms with Gasteiger partial charge in [0.15, 0.2) is 75.1 Å². The number of phenolic OH excluding ortho intramolecular Hbond substituents is 12. The molecule has 22 nitrogen and oxygen atoms in total. The number of hydrogen-bond donors (Lipinski definition) is 13. The highest BCUT2D eigenvalue weighted by atomic mass is 16.7. The molecule has 1 aliphatic heterocycles. The highest BCUT2D eigenvalue weighted by molar-refractivity contribution is 5.94. The molecule has 296 valence electrons. The van der Waals surface area contributed by atoms with Gasteiger partial charge in [0.05, 0.1) is 22.3 Å². The van der Waals surface area contributed by atoms with Gasteiger partial charge in [0.25, 0.3) is 0 Å². The monoisotopic (exact) mass is 788 g/mol. The van der Waals surface area contributed by atoms with Crippen LogP contribution >= 0.6 is 0 Å². The molecule has 5 rings (SSSR count). The van der Waals surface area contributed by atoms with Crippen molar-refractivity contribution in [1.82, 2.24) is 0 Å². The van der Waals surface area contributed by atoms with Crippen LogP contribution in [-0.2, 0) is 23.7 Å². The van der Waals surface area contributed by atoms with Gasteiger partial charge >= 0.3 is 23.9 Å². The van der Waals surface area contributed by atoms with Crippen molar-refractivity contribution < 1.29 is 109 Å². The largest absolute Gasteiger partial charge is 0.504 e. The molecule has 1 fully saturated rings. The van der Waals surface area contributed by atoms with Crippen LogP contribution < -0.4 is 0 Å². The number of benzene rings is 4. The second-order valence-corrected chi connectivity index (χ2v) is 11.8. The highest BCUT2D eigenvalue weighted by Crippen LogP contribution is 2.42. The van der Waals surface area contributed by atoms with Crippen LogP contribution in [0, 0.1) is 0 Å². The van der Waals surface area contributed by atoms with Gasteiger partial charge in [-0.2, -0.15) is 0 Å². The molecule has 1 aliphatic rings. The van der Waals surface area contributed by atoms with E-state index in [1.165, 1.54) is 0 Å². The number of phenols is 12. The second kappa shape index (κ2) is 15.0. The van der Waals surface area contributed by atoms with Crippen molar-refractivity contribution in [3.63, 3.8) is 0 Å². The summed E-state index contributed by atoms with van der Waals surface area (Å²) in [6, 6.07) is 4.96. The molecule has 1 heterocycles. The van der Waals surface area contributed by atoms with Crippen molar-refractivity contribution in [3.8, 4) is 69.0 Å². The molecule has 56 heavy (non-hydrogen) atoms. The minimum atomic E-state index is -3.00. The van der Waals surface area contributed by atoms with Crippen molar-refractivity contribution in [1.29, 1.82) is 0 Å². The molecule has 0 saturated carbocycles. The molecule has 22 heteroatoms. The first-order valence-corrected chi connectivity index (χ1v) is 15.4. The van der Waals surface area contributed by atoms with Gasteiger partial charge in [-0.1, -0.05) is 0 Å². The van der Waals surface area contributed by atoms with Crippen LogP contribution in [0.4, 0.5) is 0 Å². The highest BCUT2D eigenvalue weighted by Gasteiger charge is 2.63. The van der Waals surface area contributed by atoms with E-state index in [4.69, 9.17) is 23.7 Å². The molecular formula is C34H28O22. The second-order valence-electron chi connectivity index (χ2n) is 11.8. The zero-order valence-electron chi connectivity index (χ0n) is 27.8. The Morgan fingerprint density at radius 2 is 0.821 bits per heavy atom. The molecule has 1 saturated heterocycles. The van der Waals surface area contributed by atoms with E-state index in [-0.39, 0.29) is 0 Å². The lowest BCUT2D eigenvalue weighted by Gasteiger charge is -2.35. The van der Waals surface area contributed by atoms with Crippen molar-refractivity contribution in [2.24, 2.45) is 0 Å². The Balaban J connectivity index is 1.58. The van der Waals surface area contributed by atoms with Crippen LogP contribution in [0.5, 0.6) is 69.0 Å². The zero-order chi connectivity index (χ0) is 41.4. The molecule has 0 amide bonds. The first kappa shape index (κ1) is 39.5. The fourth-order valence-electron chi connectivity index (χ4n) is 5.21. The van der Waals surface area contributed by atoms with E-state index >= 15 is 0 Å².